The summed E-state index contributed by atoms with van der Waals surface area (Å²) in [6.45, 7) is 7.31. The number of phenols is 1. The molecule has 0 bridgehead atoms. The average Bonchev–Trinajstić information content (AvgIpc) is 2.23. The van der Waals surface area contributed by atoms with Gasteiger partial charge in [0.1, 0.15) is 5.75 Å². The third-order valence-electron chi connectivity index (χ3n) is 2.73. The fourth-order valence-electron chi connectivity index (χ4n) is 1.19. The van der Waals surface area contributed by atoms with Gasteiger partial charge in [0.2, 0.25) is 0 Å². The number of hydrogen-bond donors (Lipinski definition) is 2. The normalized spacial score (nSPS) is 11.8. The monoisotopic (exact) mass is 349 g/mol. The molecule has 0 amide bonds. The van der Waals surface area contributed by atoms with Crippen LogP contribution in [0, 0.1) is 0 Å². The second kappa shape index (κ2) is 5.52. The van der Waals surface area contributed by atoms with E-state index in [1.165, 1.54) is 0 Å². The molecule has 2 N–H and O–H groups in total. The van der Waals surface area contributed by atoms with Crippen LogP contribution in [0.15, 0.2) is 21.1 Å². The highest BCUT2D eigenvalue weighted by atomic mass is 79.9. The molecule has 0 unspecified atom stereocenters. The SMILES string of the molecule is CCC(C)(C)NCc1cc(Br)c(O)c(Br)c1. The summed E-state index contributed by atoms with van der Waals surface area (Å²) in [5.74, 6) is 0.249. The Morgan fingerprint density at radius 1 is 1.25 bits per heavy atom. The van der Waals surface area contributed by atoms with Gasteiger partial charge in [0.15, 0.2) is 0 Å². The van der Waals surface area contributed by atoms with E-state index in [0.717, 1.165) is 18.5 Å². The van der Waals surface area contributed by atoms with Crippen LogP contribution in [0.2, 0.25) is 0 Å². The van der Waals surface area contributed by atoms with Gasteiger partial charge in [-0.15, -0.1) is 0 Å². The van der Waals surface area contributed by atoms with Crippen molar-refractivity contribution in [1.82, 2.24) is 5.32 Å². The van der Waals surface area contributed by atoms with Crippen molar-refractivity contribution in [3.8, 4) is 5.75 Å². The molecular formula is C12H17Br2NO. The first-order valence-electron chi connectivity index (χ1n) is 5.27. The van der Waals surface area contributed by atoms with E-state index in [4.69, 9.17) is 0 Å². The van der Waals surface area contributed by atoms with Gasteiger partial charge < -0.3 is 10.4 Å². The minimum absolute atomic E-state index is 0.136. The number of aromatic hydroxyl groups is 1. The molecule has 1 aromatic rings. The molecule has 16 heavy (non-hydrogen) atoms. The first-order chi connectivity index (χ1) is 7.35. The highest BCUT2D eigenvalue weighted by Crippen LogP contribution is 2.33. The Morgan fingerprint density at radius 3 is 2.19 bits per heavy atom. The standard InChI is InChI=1S/C12H17Br2NO/c1-4-12(2,3)15-7-8-5-9(13)11(16)10(14)6-8/h5-6,15-16H,4,7H2,1-3H3. The molecule has 90 valence electrons. The zero-order chi connectivity index (χ0) is 12.3. The van der Waals surface area contributed by atoms with Gasteiger partial charge in [-0.1, -0.05) is 6.92 Å². The van der Waals surface area contributed by atoms with Crippen molar-refractivity contribution in [1.29, 1.82) is 0 Å². The van der Waals surface area contributed by atoms with E-state index >= 15 is 0 Å². The van der Waals surface area contributed by atoms with E-state index in [1.54, 1.807) is 0 Å². The summed E-state index contributed by atoms with van der Waals surface area (Å²) in [6, 6.07) is 3.86. The summed E-state index contributed by atoms with van der Waals surface area (Å²) in [5, 5.41) is 13.1. The fourth-order valence-corrected chi connectivity index (χ4v) is 2.47. The summed E-state index contributed by atoms with van der Waals surface area (Å²) < 4.78 is 1.43. The lowest BCUT2D eigenvalue weighted by Crippen LogP contribution is -2.37. The van der Waals surface area contributed by atoms with Crippen LogP contribution in [0.5, 0.6) is 5.75 Å². The van der Waals surface area contributed by atoms with Crippen LogP contribution in [0.3, 0.4) is 0 Å². The van der Waals surface area contributed by atoms with Crippen molar-refractivity contribution >= 4 is 31.9 Å². The lowest BCUT2D eigenvalue weighted by molar-refractivity contribution is 0.374. The molecule has 0 fully saturated rings. The third kappa shape index (κ3) is 3.75. The summed E-state index contributed by atoms with van der Waals surface area (Å²) in [6.07, 6.45) is 1.08. The minimum Gasteiger partial charge on any atom is -0.506 e. The molecule has 0 heterocycles. The Labute approximate surface area is 114 Å². The first kappa shape index (κ1) is 14.0. The van der Waals surface area contributed by atoms with Gasteiger partial charge in [-0.05, 0) is 69.8 Å². The van der Waals surface area contributed by atoms with Crippen molar-refractivity contribution < 1.29 is 5.11 Å². The van der Waals surface area contributed by atoms with Crippen molar-refractivity contribution in [3.63, 3.8) is 0 Å². The summed E-state index contributed by atoms with van der Waals surface area (Å²) in [5.41, 5.74) is 1.27. The van der Waals surface area contributed by atoms with E-state index in [-0.39, 0.29) is 11.3 Å². The van der Waals surface area contributed by atoms with Crippen molar-refractivity contribution in [3.05, 3.63) is 26.6 Å². The molecule has 1 rings (SSSR count). The van der Waals surface area contributed by atoms with E-state index in [9.17, 15) is 5.11 Å². The van der Waals surface area contributed by atoms with Crippen LogP contribution in [0.4, 0.5) is 0 Å². The van der Waals surface area contributed by atoms with E-state index in [2.05, 4.69) is 57.9 Å². The van der Waals surface area contributed by atoms with Crippen molar-refractivity contribution in [2.75, 3.05) is 0 Å². The van der Waals surface area contributed by atoms with Crippen LogP contribution in [-0.2, 0) is 6.54 Å². The Morgan fingerprint density at radius 2 is 1.75 bits per heavy atom. The molecule has 0 radical (unpaired) electrons. The maximum Gasteiger partial charge on any atom is 0.143 e. The minimum atomic E-state index is 0.136. The predicted molar refractivity (Wildman–Crippen MR) is 74.7 cm³/mol. The van der Waals surface area contributed by atoms with E-state index in [0.29, 0.717) is 8.95 Å². The molecule has 1 aromatic carbocycles. The number of phenolic OH excluding ortho intramolecular Hbond substituents is 1. The molecule has 0 aliphatic heterocycles. The molecule has 0 aliphatic carbocycles. The lowest BCUT2D eigenvalue weighted by Gasteiger charge is -2.24. The van der Waals surface area contributed by atoms with Crippen LogP contribution in [-0.4, -0.2) is 10.6 Å². The predicted octanol–water partition coefficient (Wildman–Crippen LogP) is 4.20. The quantitative estimate of drug-likeness (QED) is 0.853. The molecule has 0 spiro atoms. The van der Waals surface area contributed by atoms with Gasteiger partial charge in [-0.25, -0.2) is 0 Å². The molecule has 0 saturated heterocycles. The molecule has 0 aliphatic rings. The van der Waals surface area contributed by atoms with E-state index < -0.39 is 0 Å². The molecule has 0 atom stereocenters. The maximum atomic E-state index is 9.59. The number of hydrogen-bond acceptors (Lipinski definition) is 2. The van der Waals surface area contributed by atoms with Crippen LogP contribution in [0.25, 0.3) is 0 Å². The zero-order valence-corrected chi connectivity index (χ0v) is 12.9. The Hall–Kier alpha value is -0.0600. The van der Waals surface area contributed by atoms with Crippen molar-refractivity contribution in [2.45, 2.75) is 39.3 Å². The molecule has 0 aromatic heterocycles. The van der Waals surface area contributed by atoms with Crippen LogP contribution >= 0.6 is 31.9 Å². The number of rotatable bonds is 4. The molecule has 2 nitrogen and oxygen atoms in total. The van der Waals surface area contributed by atoms with E-state index in [1.807, 2.05) is 12.1 Å². The molecular weight excluding hydrogens is 334 g/mol. The number of nitrogens with one attached hydrogen (secondary N) is 1. The zero-order valence-electron chi connectivity index (χ0n) is 9.77. The lowest BCUT2D eigenvalue weighted by atomic mass is 10.0. The van der Waals surface area contributed by atoms with Gasteiger partial charge >= 0.3 is 0 Å². The topological polar surface area (TPSA) is 32.3 Å². The van der Waals surface area contributed by atoms with Gasteiger partial charge in [-0.3, -0.25) is 0 Å². The summed E-state index contributed by atoms with van der Waals surface area (Å²) in [4.78, 5) is 0. The molecule has 0 saturated carbocycles. The van der Waals surface area contributed by atoms with Crippen LogP contribution < -0.4 is 5.32 Å². The van der Waals surface area contributed by atoms with Gasteiger partial charge in [0, 0.05) is 12.1 Å². The third-order valence-corrected chi connectivity index (χ3v) is 3.94. The first-order valence-corrected chi connectivity index (χ1v) is 6.86. The Balaban J connectivity index is 2.76. The van der Waals surface area contributed by atoms with Gasteiger partial charge in [-0.2, -0.15) is 0 Å². The summed E-state index contributed by atoms with van der Waals surface area (Å²) >= 11 is 6.65. The fraction of sp³-hybridized carbons (Fsp3) is 0.500. The Kier molecular flexibility index (Phi) is 4.83. The van der Waals surface area contributed by atoms with Crippen LogP contribution in [0.1, 0.15) is 32.8 Å². The second-order valence-corrected chi connectivity index (χ2v) is 6.21. The number of benzene rings is 1. The average molecular weight is 351 g/mol. The highest BCUT2D eigenvalue weighted by Gasteiger charge is 2.14. The van der Waals surface area contributed by atoms with Gasteiger partial charge in [0.05, 0.1) is 8.95 Å². The summed E-state index contributed by atoms with van der Waals surface area (Å²) in [7, 11) is 0. The smallest absolute Gasteiger partial charge is 0.143 e. The number of halogens is 2. The molecule has 4 heteroatoms. The largest absolute Gasteiger partial charge is 0.506 e. The second-order valence-electron chi connectivity index (χ2n) is 4.50. The maximum absolute atomic E-state index is 9.59. The highest BCUT2D eigenvalue weighted by molar-refractivity contribution is 9.11. The Bertz CT molecular complexity index is 354. The van der Waals surface area contributed by atoms with Gasteiger partial charge in [0.25, 0.3) is 0 Å². The van der Waals surface area contributed by atoms with Crippen molar-refractivity contribution in [2.24, 2.45) is 0 Å².